The molecule has 146 atom stereocenters. The van der Waals surface area contributed by atoms with Crippen LogP contribution in [0, 0.1) is 817 Å². The van der Waals surface area contributed by atoms with E-state index in [0.29, 0.717) is 0 Å². The first-order valence-corrected chi connectivity index (χ1v) is 74.7. The Hall–Kier alpha value is 0. The third kappa shape index (κ3) is 0.822. The molecule has 0 heterocycles. The van der Waals surface area contributed by atoms with Gasteiger partial charge in [-0.15, -0.1) is 0 Å². The van der Waals surface area contributed by atoms with E-state index < -0.39 is 0 Å². The first kappa shape index (κ1) is 45.7. The molecule has 0 aliphatic heterocycles. The Labute approximate surface area is 835 Å². The highest BCUT2D eigenvalue weighted by atomic mass is 15.9. The average molecular weight is 1860 g/mol. The van der Waals surface area contributed by atoms with Crippen molar-refractivity contribution >= 4 is 0 Å². The fraction of sp³-hybridized carbons (Fsp3) is 1.00. The number of rotatable bonds is 0. The molecule has 0 N–H and O–H groups in total. The van der Waals surface area contributed by atoms with E-state index in [1.807, 2.05) is 12.8 Å². The topological polar surface area (TPSA) is 0 Å². The van der Waals surface area contributed by atoms with Crippen LogP contribution in [0.2, 0.25) is 0 Å². The van der Waals surface area contributed by atoms with Crippen LogP contribution in [-0.4, -0.2) is 0 Å². The van der Waals surface area contributed by atoms with Crippen molar-refractivity contribution < 1.29 is 0 Å². The summed E-state index contributed by atoms with van der Waals surface area (Å²) >= 11 is 0. The predicted molar refractivity (Wildman–Crippen MR) is 471 cm³/mol. The molecule has 0 aromatic rings. The van der Waals surface area contributed by atoms with E-state index in [1.165, 1.54) is 243 Å². The first-order chi connectivity index (χ1) is 74.7. The van der Waals surface area contributed by atoms with Crippen LogP contribution in [-0.2, 0) is 0 Å². The Morgan fingerprint density at radius 2 is 0.353 bits per heavy atom. The largest absolute Gasteiger partial charge is 0.0461 e. The van der Waals surface area contributed by atoms with Crippen LogP contribution in [0.4, 0.5) is 0 Å². The molecular weight excluding hydrogens is 1800 g/mol. The smallest absolute Gasteiger partial charge is 0.0000801 e. The van der Waals surface area contributed by atoms with Crippen molar-refractivity contribution in [2.45, 2.75) is 25.7 Å². The zero-order chi connectivity index (χ0) is 79.9. The van der Waals surface area contributed by atoms with Gasteiger partial charge in [-0.25, -0.2) is 0 Å². The van der Waals surface area contributed by atoms with Gasteiger partial charge in [0, 0.05) is 0 Å². The molecule has 0 amide bonds. The molecule has 0 nitrogen and oxygen atoms in total. The van der Waals surface area contributed by atoms with Gasteiger partial charge >= 0.3 is 0 Å². The van der Waals surface area contributed by atoms with Gasteiger partial charge in [0.1, 0.15) is 0 Å². The zero-order valence-electron chi connectivity index (χ0n) is 79.9. The SMILES string of the molecule is C1C2C3C4C5C6C7CC8C9C%10C%11C%12C%13C%14C%15C%16C%17C%18C%19C%20C%21C%22C%23C%24C%25CC%26C%27C%28C%29C%30C%31C%32C%33%34C%35C%36C%37%38C%39C%40C%41%42C%43C%44C%45%46C%47C%48C%49%50C%51C%52C5(C5C6%53C76C8C97C%108C%119C%12%10C%13%11C%14%12C%15%13C%16%14C%17%15C%18%16C%19%17C%20%18C%21%19C%22%20C%23%21C%24%22C%26%25C%27%23C%28%24C%29%31C%32%25C%33%26C%35%27C%36%28C%37%29C%39%31C%40%32C%41%33C%43%35C%44%36C%45%37C%47%39C%48%40C%49%41C%51%43C%525C%535C67C86C%435C%415C96C%106C%117C%128C%139C%14%10C%15%11C%16%12C%17%13C%18%14C%19%15C%20%16C%21%17C%23%22C%24%25C%26%17C%27%16C%28%15C%29%14C%31%13C%32%12C%33%11C%35%10C%369C%378C%397C%4065)C45C34C23C1C1C2C6C7C8CC9C%10C%30C%34%11C%10%12C98C78C67C26C13C41C%505C%462C%423C%38%11C%128C73C612. The summed E-state index contributed by atoms with van der Waals surface area (Å²) in [4.78, 5) is 0. The van der Waals surface area contributed by atoms with E-state index in [1.54, 1.807) is 65.1 Å². The summed E-state index contributed by atoms with van der Waals surface area (Å²) in [5.41, 5.74) is 107. The minimum Gasteiger partial charge on any atom is -0.0461 e. The fourth-order valence-electron chi connectivity index (χ4n) is 192. The highest BCUT2D eigenvalue weighted by molar-refractivity contribution is 6.87. The molecule has 121 rings (SSSR count). The van der Waals surface area contributed by atoms with Crippen LogP contribution in [0.15, 0.2) is 0 Å². The number of hydrogen-bond acceptors (Lipinski definition) is 0. The van der Waals surface area contributed by atoms with Crippen LogP contribution in [0.5, 0.6) is 0 Å². The molecule has 150 heavy (non-hydrogen) atoms. The lowest BCUT2D eigenvalue weighted by Crippen LogP contribution is -3.76. The van der Waals surface area contributed by atoms with Crippen LogP contribution in [0.3, 0.4) is 0 Å². The van der Waals surface area contributed by atoms with Crippen molar-refractivity contribution in [3.05, 3.63) is 282 Å². The number of hydrogen-bond donors (Lipinski definition) is 0. The van der Waals surface area contributed by atoms with Crippen LogP contribution in [0.1, 0.15) is 25.7 Å². The Bertz CT molecular complexity index is 13700. The third-order valence-electron chi connectivity index (χ3n) is 143. The predicted octanol–water partition coefficient (Wildman–Crippen LogP) is 12.2. The van der Waals surface area contributed by atoms with Gasteiger partial charge in [-0.05, 0) is 842 Å². The van der Waals surface area contributed by atoms with Crippen molar-refractivity contribution in [3.8, 4) is 0 Å². The Kier molecular flexibility index (Phi) is 1.90. The summed E-state index contributed by atoms with van der Waals surface area (Å²) in [7, 11) is 0. The fourth-order valence-corrected chi connectivity index (χ4v) is 192. The molecule has 0 bridgehead atoms. The maximum atomic E-state index is 2.08. The summed E-state index contributed by atoms with van der Waals surface area (Å²) < 4.78 is 0. The molecule has 0 heteroatoms. The monoisotopic (exact) mass is 1860 g/mol. The molecule has 660 valence electrons. The first-order valence-electron chi connectivity index (χ1n) is 74.7. The second kappa shape index (κ2) is 6.23. The van der Waals surface area contributed by atoms with Crippen molar-refractivity contribution in [1.82, 2.24) is 0 Å². The second-order valence-electron chi connectivity index (χ2n) is 103. The molecule has 0 radical (unpaired) electrons. The van der Waals surface area contributed by atoms with Gasteiger partial charge in [0.05, 0.1) is 0 Å². The number of fused-ring (bicyclic) bond motifs is 34. The Morgan fingerprint density at radius 1 is 0.0933 bits per heavy atom. The minimum atomic E-state index is 1.07. The highest BCUT2D eigenvalue weighted by Crippen LogP contribution is 3.96. The van der Waals surface area contributed by atoms with Crippen molar-refractivity contribution in [3.63, 3.8) is 0 Å². The lowest BCUT2D eigenvalue weighted by atomic mass is 8.21. The molecule has 121 saturated carbocycles. The summed E-state index contributed by atoms with van der Waals surface area (Å²) in [5, 5.41) is 0. The Morgan fingerprint density at radius 3 is 0.807 bits per heavy atom. The highest BCUT2D eigenvalue weighted by Gasteiger charge is 3.91. The molecule has 0 saturated heterocycles. The molecule has 94 spiro atoms. The van der Waals surface area contributed by atoms with E-state index >= 15 is 0 Å². The molecule has 0 aromatic heterocycles. The van der Waals surface area contributed by atoms with Crippen molar-refractivity contribution in [2.24, 2.45) is 535 Å². The van der Waals surface area contributed by atoms with Crippen molar-refractivity contribution in [2.75, 3.05) is 0 Å². The van der Waals surface area contributed by atoms with E-state index in [9.17, 15) is 0 Å². The summed E-state index contributed by atoms with van der Waals surface area (Å²) in [5.74, 6) is 78.1. The zero-order valence-corrected chi connectivity index (χ0v) is 79.9. The van der Waals surface area contributed by atoms with Gasteiger partial charge in [0.15, 0.2) is 0 Å². The van der Waals surface area contributed by atoms with E-state index in [2.05, 4.69) is 12.8 Å². The van der Waals surface area contributed by atoms with Gasteiger partial charge in [0.25, 0.3) is 0 Å². The summed E-state index contributed by atoms with van der Waals surface area (Å²) in [6.07, 6.45) is 8.16. The van der Waals surface area contributed by atoms with E-state index in [-0.39, 0.29) is 0 Å². The molecule has 121 aliphatic rings. The van der Waals surface area contributed by atoms with Gasteiger partial charge in [-0.1, -0.05) is 0 Å². The summed E-state index contributed by atoms with van der Waals surface area (Å²) in [6.45, 7) is 0. The van der Waals surface area contributed by atoms with E-state index in [0.717, 1.165) is 509 Å². The van der Waals surface area contributed by atoms with Crippen molar-refractivity contribution in [1.29, 1.82) is 0 Å². The van der Waals surface area contributed by atoms with Gasteiger partial charge < -0.3 is 0 Å². The quantitative estimate of drug-likeness (QED) is 0.227. The van der Waals surface area contributed by atoms with E-state index in [4.69, 9.17) is 0 Å². The summed E-state index contributed by atoms with van der Waals surface area (Å²) in [6, 6.07) is 0. The van der Waals surface area contributed by atoms with Crippen LogP contribution in [0.25, 0.3) is 0 Å². The van der Waals surface area contributed by atoms with Crippen LogP contribution >= 0.6 is 0 Å². The molecule has 146 unspecified atom stereocenters. The van der Waals surface area contributed by atoms with Gasteiger partial charge in [-0.3, -0.25) is 0 Å². The second-order valence-corrected chi connectivity index (χ2v) is 103. The van der Waals surface area contributed by atoms with Gasteiger partial charge in [0.2, 0.25) is 0 Å². The molecule has 0 aromatic carbocycles. The lowest BCUT2D eigenvalue weighted by molar-refractivity contribution is -1.04. The Balaban J connectivity index is 0.544. The van der Waals surface area contributed by atoms with Crippen LogP contribution < -0.4 is 0 Å². The maximum absolute atomic E-state index is 2.08. The molecular formula is C150H60. The van der Waals surface area contributed by atoms with Gasteiger partial charge in [-0.2, -0.15) is 0 Å². The third-order valence-corrected chi connectivity index (χ3v) is 143. The maximum Gasteiger partial charge on any atom is -0.0000801 e. The lowest BCUT2D eigenvalue weighted by Gasteiger charge is -3.80. The molecule has 121 fully saturated rings. The molecule has 121 aliphatic carbocycles. The standard InChI is InChI=1S/C150H60/c1-5-14-26-32-34-36-42-39-40-43-38-37-41-35-33-31-21-12-3-8-17-27-22-13-23-16-7-2-11-20-30-29-19-10-4-9-18-28-25-15-6(1)61-44(5)63(14)80(26)84(32)86(34)88(36)94(42)90(39)92(40)95(43)91(38)89(37)93(41)87(35)85(33)83(31)77(21)60(8,12)74(17)79(27)62(22)24(13)45-65-48-49-67-51-53-69-55-54-68-52-50-66-47-46-57(25,71(28)72(18)58(9,10)75(19)81(29)82(30)76(20)59(7,11)73(16)78(23,65)114(67)116(69)115(68)113(66,71)117(72,75)122(81,115)123(82,116)118(73,76)114)56-64(15,61)107-70(46,56)97(47)109(66)99(50)102(52)111(68)104(54)105(55)112(69)103(53)101(51)110(67)100(49)98(48)108(65)96(45,62)120(79)119(74,77)124(83)125(85)127(87)134(93)129(89)131(91)136(95)132(92)130(90)135(94)128(88)126(86)133(84)121(80,106(61,63)107)137(97,107)147(109,133)139(99,126)142(102,128)149(111,135)144(104,130)145(105,132)150(112,136)143(103,131)141(101,129)148(110,134)140(100,127)138(98,125)146(108,120)124/h5-56H,1-4H2. The minimum absolute atomic E-state index is 1.07. The normalized spacial score (nSPS) is 158. The average Bonchev–Trinajstić information content (AvgIpc) is 0.431.